The van der Waals surface area contributed by atoms with Crippen molar-refractivity contribution < 1.29 is 19.0 Å². The fraction of sp³-hybridized carbons (Fsp3) is 0.667. The van der Waals surface area contributed by atoms with E-state index in [0.717, 1.165) is 11.4 Å². The number of nitrogens with two attached hydrogens (primary N) is 1. The molecule has 0 aromatic carbocycles. The van der Waals surface area contributed by atoms with Crippen LogP contribution in [0.25, 0.3) is 0 Å². The smallest absolute Gasteiger partial charge is 0.357 e. The standard InChI is InChI=1S/C12H20N2O4S/c1-16-5-2-6-17-7-8-18-12(15)10-9-19-11(14-10)3-4-13/h9H,2-8,13H2,1H3. The Morgan fingerprint density at radius 1 is 1.37 bits per heavy atom. The molecule has 0 aliphatic rings. The van der Waals surface area contributed by atoms with Crippen molar-refractivity contribution in [1.29, 1.82) is 0 Å². The fourth-order valence-electron chi connectivity index (χ4n) is 1.32. The molecule has 0 spiro atoms. The molecule has 1 aromatic rings. The third kappa shape index (κ3) is 6.63. The normalized spacial score (nSPS) is 10.6. The molecule has 2 N–H and O–H groups in total. The molecule has 19 heavy (non-hydrogen) atoms. The summed E-state index contributed by atoms with van der Waals surface area (Å²) in [6.07, 6.45) is 1.51. The first kappa shape index (κ1) is 16.0. The summed E-state index contributed by atoms with van der Waals surface area (Å²) in [4.78, 5) is 15.8. The Morgan fingerprint density at radius 2 is 2.21 bits per heavy atom. The predicted octanol–water partition coefficient (Wildman–Crippen LogP) is 0.854. The van der Waals surface area contributed by atoms with Crippen molar-refractivity contribution in [2.75, 3.05) is 40.1 Å². The van der Waals surface area contributed by atoms with Gasteiger partial charge in [-0.25, -0.2) is 9.78 Å². The Bertz CT molecular complexity index is 370. The number of hydrogen-bond acceptors (Lipinski definition) is 7. The number of nitrogens with zero attached hydrogens (tertiary/aromatic N) is 1. The molecule has 1 aromatic heterocycles. The van der Waals surface area contributed by atoms with E-state index in [-0.39, 0.29) is 6.61 Å². The number of carbonyl (C=O) groups excluding carboxylic acids is 1. The van der Waals surface area contributed by atoms with Crippen molar-refractivity contribution in [1.82, 2.24) is 4.98 Å². The van der Waals surface area contributed by atoms with E-state index in [9.17, 15) is 4.79 Å². The first-order valence-corrected chi connectivity index (χ1v) is 7.04. The molecule has 6 nitrogen and oxygen atoms in total. The SMILES string of the molecule is COCCCOCCOC(=O)c1csc(CCN)n1. The highest BCUT2D eigenvalue weighted by Gasteiger charge is 2.11. The Balaban J connectivity index is 2.13. The average molecular weight is 288 g/mol. The number of hydrogen-bond donors (Lipinski definition) is 1. The maximum Gasteiger partial charge on any atom is 0.357 e. The summed E-state index contributed by atoms with van der Waals surface area (Å²) in [6.45, 7) is 2.41. The van der Waals surface area contributed by atoms with Gasteiger partial charge in [-0.05, 0) is 13.0 Å². The molecular formula is C12H20N2O4S. The summed E-state index contributed by atoms with van der Waals surface area (Å²) in [5.41, 5.74) is 5.76. The van der Waals surface area contributed by atoms with Crippen LogP contribution in [0.15, 0.2) is 5.38 Å². The molecule has 0 bridgehead atoms. The predicted molar refractivity (Wildman–Crippen MR) is 72.5 cm³/mol. The highest BCUT2D eigenvalue weighted by atomic mass is 32.1. The lowest BCUT2D eigenvalue weighted by Gasteiger charge is -2.04. The lowest BCUT2D eigenvalue weighted by molar-refractivity contribution is 0.0283. The molecule has 0 radical (unpaired) electrons. The van der Waals surface area contributed by atoms with Gasteiger partial charge in [0.1, 0.15) is 6.61 Å². The summed E-state index contributed by atoms with van der Waals surface area (Å²) in [5.74, 6) is -0.417. The van der Waals surface area contributed by atoms with Crippen LogP contribution in [0.4, 0.5) is 0 Å². The van der Waals surface area contributed by atoms with Gasteiger partial charge in [0.25, 0.3) is 0 Å². The van der Waals surface area contributed by atoms with Crippen LogP contribution in [0.1, 0.15) is 21.9 Å². The molecule has 0 atom stereocenters. The molecule has 0 unspecified atom stereocenters. The highest BCUT2D eigenvalue weighted by molar-refractivity contribution is 7.09. The summed E-state index contributed by atoms with van der Waals surface area (Å²) in [7, 11) is 1.65. The molecular weight excluding hydrogens is 268 g/mol. The van der Waals surface area contributed by atoms with Gasteiger partial charge in [0.15, 0.2) is 5.69 Å². The van der Waals surface area contributed by atoms with Gasteiger partial charge in [-0.15, -0.1) is 11.3 Å². The summed E-state index contributed by atoms with van der Waals surface area (Å²) in [5, 5.41) is 2.54. The van der Waals surface area contributed by atoms with Gasteiger partial charge in [0.2, 0.25) is 0 Å². The molecule has 0 saturated heterocycles. The van der Waals surface area contributed by atoms with E-state index in [1.54, 1.807) is 12.5 Å². The van der Waals surface area contributed by atoms with Crippen LogP contribution >= 0.6 is 11.3 Å². The van der Waals surface area contributed by atoms with Gasteiger partial charge in [0, 0.05) is 32.1 Å². The highest BCUT2D eigenvalue weighted by Crippen LogP contribution is 2.10. The van der Waals surface area contributed by atoms with Crippen LogP contribution in [0.3, 0.4) is 0 Å². The molecule has 0 amide bonds. The zero-order valence-corrected chi connectivity index (χ0v) is 11.9. The molecule has 0 saturated carbocycles. The second kappa shape index (κ2) is 9.85. The second-order valence-corrected chi connectivity index (χ2v) is 4.70. The second-order valence-electron chi connectivity index (χ2n) is 3.76. The van der Waals surface area contributed by atoms with Gasteiger partial charge < -0.3 is 19.9 Å². The number of methoxy groups -OCH3 is 1. The summed E-state index contributed by atoms with van der Waals surface area (Å²) in [6, 6.07) is 0. The number of thiazole rings is 1. The minimum absolute atomic E-state index is 0.232. The number of esters is 1. The zero-order valence-electron chi connectivity index (χ0n) is 11.1. The Hall–Kier alpha value is -1.02. The van der Waals surface area contributed by atoms with E-state index >= 15 is 0 Å². The third-order valence-corrected chi connectivity index (χ3v) is 3.13. The van der Waals surface area contributed by atoms with Crippen LogP contribution in [0.2, 0.25) is 0 Å². The monoisotopic (exact) mass is 288 g/mol. The minimum Gasteiger partial charge on any atom is -0.458 e. The molecule has 0 fully saturated rings. The Morgan fingerprint density at radius 3 is 2.95 bits per heavy atom. The van der Waals surface area contributed by atoms with Crippen LogP contribution in [-0.2, 0) is 20.6 Å². The Kier molecular flexibility index (Phi) is 8.31. The topological polar surface area (TPSA) is 83.7 Å². The molecule has 0 aliphatic heterocycles. The minimum atomic E-state index is -0.417. The Labute approximate surface area is 116 Å². The molecule has 1 rings (SSSR count). The first-order valence-electron chi connectivity index (χ1n) is 6.16. The number of carbonyl (C=O) groups is 1. The van der Waals surface area contributed by atoms with Gasteiger partial charge in [0.05, 0.1) is 11.6 Å². The van der Waals surface area contributed by atoms with Gasteiger partial charge in [-0.1, -0.05) is 0 Å². The van der Waals surface area contributed by atoms with E-state index in [1.165, 1.54) is 11.3 Å². The van der Waals surface area contributed by atoms with Crippen molar-refractivity contribution in [3.8, 4) is 0 Å². The fourth-order valence-corrected chi connectivity index (χ4v) is 2.10. The van der Waals surface area contributed by atoms with Crippen molar-refractivity contribution >= 4 is 17.3 Å². The molecule has 0 aliphatic carbocycles. The van der Waals surface area contributed by atoms with E-state index < -0.39 is 5.97 Å². The number of aromatic nitrogens is 1. The first-order chi connectivity index (χ1) is 9.27. The largest absolute Gasteiger partial charge is 0.458 e. The quantitative estimate of drug-likeness (QED) is 0.508. The average Bonchev–Trinajstić information content (AvgIpc) is 2.87. The number of ether oxygens (including phenoxy) is 3. The van der Waals surface area contributed by atoms with E-state index in [0.29, 0.717) is 38.5 Å². The molecule has 1 heterocycles. The zero-order chi connectivity index (χ0) is 13.9. The van der Waals surface area contributed by atoms with E-state index in [4.69, 9.17) is 19.9 Å². The maximum absolute atomic E-state index is 11.6. The van der Waals surface area contributed by atoms with E-state index in [1.807, 2.05) is 0 Å². The van der Waals surface area contributed by atoms with Crippen LogP contribution in [0.5, 0.6) is 0 Å². The van der Waals surface area contributed by atoms with Crippen molar-refractivity contribution in [3.05, 3.63) is 16.1 Å². The summed E-state index contributed by atoms with van der Waals surface area (Å²) >= 11 is 1.42. The van der Waals surface area contributed by atoms with Gasteiger partial charge >= 0.3 is 5.97 Å². The van der Waals surface area contributed by atoms with Crippen molar-refractivity contribution in [3.63, 3.8) is 0 Å². The van der Waals surface area contributed by atoms with Crippen LogP contribution in [0, 0.1) is 0 Å². The molecule has 108 valence electrons. The lowest BCUT2D eigenvalue weighted by Crippen LogP contribution is -2.12. The third-order valence-electron chi connectivity index (χ3n) is 2.22. The molecule has 7 heteroatoms. The van der Waals surface area contributed by atoms with Crippen LogP contribution in [-0.4, -0.2) is 51.0 Å². The van der Waals surface area contributed by atoms with Gasteiger partial charge in [-0.2, -0.15) is 0 Å². The van der Waals surface area contributed by atoms with Crippen molar-refractivity contribution in [2.45, 2.75) is 12.8 Å². The van der Waals surface area contributed by atoms with Crippen LogP contribution < -0.4 is 5.73 Å². The van der Waals surface area contributed by atoms with Crippen molar-refractivity contribution in [2.24, 2.45) is 5.73 Å². The number of rotatable bonds is 10. The lowest BCUT2D eigenvalue weighted by atomic mass is 10.4. The maximum atomic E-state index is 11.6. The van der Waals surface area contributed by atoms with E-state index in [2.05, 4.69) is 4.98 Å². The van der Waals surface area contributed by atoms with Gasteiger partial charge in [-0.3, -0.25) is 0 Å². The summed E-state index contributed by atoms with van der Waals surface area (Å²) < 4.78 is 15.2.